The largest absolute Gasteiger partial charge is 1.00 e. The average molecular weight is 320 g/mol. The molecule has 7 heteroatoms. The van der Waals surface area contributed by atoms with Gasteiger partial charge in [0.25, 0.3) is 0 Å². The summed E-state index contributed by atoms with van der Waals surface area (Å²) in [7, 11) is -3.99. The summed E-state index contributed by atoms with van der Waals surface area (Å²) < 4.78 is 30.3. The molecule has 1 N–H and O–H groups in total. The van der Waals surface area contributed by atoms with Gasteiger partial charge in [-0.2, -0.15) is 8.42 Å². The van der Waals surface area contributed by atoms with Crippen LogP contribution < -0.4 is 29.6 Å². The Hall–Kier alpha value is 0.830. The topological polar surface area (TPSA) is 72.8 Å². The molecule has 0 amide bonds. The van der Waals surface area contributed by atoms with Crippen molar-refractivity contribution < 1.29 is 52.9 Å². The first-order valence-corrected chi connectivity index (χ1v) is 8.60. The van der Waals surface area contributed by atoms with Crippen molar-refractivity contribution in [2.45, 2.75) is 71.1 Å². The van der Waals surface area contributed by atoms with Crippen LogP contribution in [0, 0.1) is 0 Å². The Morgan fingerprint density at radius 2 is 1.30 bits per heavy atom. The Balaban J connectivity index is -0.00000162. The standard InChI is InChI=1S/C13H28O5S.Na.H/c1-2-3-4-5-6-7-8-9-10-11-12-17-19(15,16)18-13-14;;/h14H,2-13H2,1H3;;/q;+1;-1. The summed E-state index contributed by atoms with van der Waals surface area (Å²) in [5, 5.41) is 8.30. The molecule has 0 saturated carbocycles. The number of unbranched alkanes of at least 4 members (excludes halogenated alkanes) is 9. The minimum Gasteiger partial charge on any atom is -1.00 e. The summed E-state index contributed by atoms with van der Waals surface area (Å²) in [4.78, 5) is 0. The van der Waals surface area contributed by atoms with Crippen LogP contribution in [0.3, 0.4) is 0 Å². The van der Waals surface area contributed by atoms with E-state index in [0.717, 1.165) is 12.8 Å². The van der Waals surface area contributed by atoms with Crippen molar-refractivity contribution in [2.24, 2.45) is 0 Å². The zero-order valence-electron chi connectivity index (χ0n) is 14.0. The Kier molecular flexibility index (Phi) is 18.7. The molecule has 0 aromatic rings. The van der Waals surface area contributed by atoms with Gasteiger partial charge in [0.1, 0.15) is 0 Å². The van der Waals surface area contributed by atoms with Crippen molar-refractivity contribution in [2.75, 3.05) is 13.4 Å². The van der Waals surface area contributed by atoms with E-state index in [1.165, 1.54) is 44.9 Å². The summed E-state index contributed by atoms with van der Waals surface area (Å²) >= 11 is 0. The van der Waals surface area contributed by atoms with Crippen LogP contribution in [0.2, 0.25) is 0 Å². The quantitative estimate of drug-likeness (QED) is 0.282. The maximum Gasteiger partial charge on any atom is 1.00 e. The molecule has 0 radical (unpaired) electrons. The molecule has 0 saturated heterocycles. The summed E-state index contributed by atoms with van der Waals surface area (Å²) in [5.41, 5.74) is 0. The van der Waals surface area contributed by atoms with Gasteiger partial charge in [0, 0.05) is 0 Å². The van der Waals surface area contributed by atoms with E-state index in [9.17, 15) is 8.42 Å². The second-order valence-corrected chi connectivity index (χ2v) is 5.95. The molecule has 0 spiro atoms. The zero-order valence-corrected chi connectivity index (χ0v) is 15.8. The van der Waals surface area contributed by atoms with Crippen molar-refractivity contribution in [3.63, 3.8) is 0 Å². The molecule has 0 heterocycles. The minimum atomic E-state index is -3.99. The fourth-order valence-electron chi connectivity index (χ4n) is 1.85. The maximum atomic E-state index is 10.9. The molecule has 5 nitrogen and oxygen atoms in total. The van der Waals surface area contributed by atoms with Crippen molar-refractivity contribution >= 4 is 10.4 Å². The van der Waals surface area contributed by atoms with Gasteiger partial charge in [0.05, 0.1) is 6.61 Å². The van der Waals surface area contributed by atoms with E-state index in [-0.39, 0.29) is 37.6 Å². The molecule has 0 aliphatic rings. The van der Waals surface area contributed by atoms with E-state index in [4.69, 9.17) is 5.11 Å². The van der Waals surface area contributed by atoms with Gasteiger partial charge in [0.15, 0.2) is 6.79 Å². The van der Waals surface area contributed by atoms with Crippen molar-refractivity contribution in [1.29, 1.82) is 0 Å². The number of rotatable bonds is 14. The van der Waals surface area contributed by atoms with Crippen LogP contribution in [0.25, 0.3) is 0 Å². The summed E-state index contributed by atoms with van der Waals surface area (Å²) in [6.45, 7) is 1.47. The zero-order chi connectivity index (χ0) is 14.4. The fourth-order valence-corrected chi connectivity index (χ4v) is 2.37. The molecule has 0 fully saturated rings. The molecule has 0 atom stereocenters. The molecule has 0 aromatic heterocycles. The third-order valence-electron chi connectivity index (χ3n) is 2.92. The summed E-state index contributed by atoms with van der Waals surface area (Å²) in [6.07, 6.45) is 11.8. The van der Waals surface area contributed by atoms with E-state index in [1.807, 2.05) is 0 Å². The van der Waals surface area contributed by atoms with Crippen molar-refractivity contribution in [3.8, 4) is 0 Å². The molecule has 0 bridgehead atoms. The first kappa shape index (κ1) is 23.1. The van der Waals surface area contributed by atoms with E-state index in [1.54, 1.807) is 0 Å². The molecule has 0 unspecified atom stereocenters. The molecule has 0 aromatic carbocycles. The van der Waals surface area contributed by atoms with Crippen molar-refractivity contribution in [1.82, 2.24) is 0 Å². The second kappa shape index (κ2) is 16.2. The van der Waals surface area contributed by atoms with Gasteiger partial charge in [-0.1, -0.05) is 64.7 Å². The monoisotopic (exact) mass is 320 g/mol. The minimum absolute atomic E-state index is 0. The van der Waals surface area contributed by atoms with Crippen LogP contribution >= 0.6 is 0 Å². The van der Waals surface area contributed by atoms with Crippen LogP contribution in [0.4, 0.5) is 0 Å². The molecule has 0 aliphatic heterocycles. The van der Waals surface area contributed by atoms with E-state index in [2.05, 4.69) is 15.3 Å². The predicted octanol–water partition coefficient (Wildman–Crippen LogP) is 0.252. The van der Waals surface area contributed by atoms with Crippen LogP contribution in [0.5, 0.6) is 0 Å². The van der Waals surface area contributed by atoms with Crippen LogP contribution in [0.15, 0.2) is 0 Å². The fraction of sp³-hybridized carbons (Fsp3) is 1.00. The van der Waals surface area contributed by atoms with Crippen LogP contribution in [0.1, 0.15) is 72.6 Å². The normalized spacial score (nSPS) is 11.3. The molecular weight excluding hydrogens is 291 g/mol. The first-order chi connectivity index (χ1) is 9.12. The van der Waals surface area contributed by atoms with Crippen LogP contribution in [-0.4, -0.2) is 26.9 Å². The Morgan fingerprint density at radius 1 is 0.850 bits per heavy atom. The van der Waals surface area contributed by atoms with Crippen molar-refractivity contribution in [3.05, 3.63) is 0 Å². The van der Waals surface area contributed by atoms with Gasteiger partial charge in [-0.05, 0) is 6.42 Å². The van der Waals surface area contributed by atoms with Gasteiger partial charge in [0.2, 0.25) is 0 Å². The van der Waals surface area contributed by atoms with Gasteiger partial charge in [-0.3, -0.25) is 0 Å². The Bertz CT molecular complexity index is 288. The Labute approximate surface area is 147 Å². The van der Waals surface area contributed by atoms with Crippen LogP contribution in [-0.2, 0) is 18.8 Å². The van der Waals surface area contributed by atoms with Gasteiger partial charge in [-0.25, -0.2) is 8.37 Å². The van der Waals surface area contributed by atoms with Gasteiger partial charge >= 0.3 is 40.0 Å². The molecular formula is C13H29NaO5S. The molecule has 0 aliphatic carbocycles. The smallest absolute Gasteiger partial charge is 1.00 e. The summed E-state index contributed by atoms with van der Waals surface area (Å²) in [5.74, 6) is 0. The van der Waals surface area contributed by atoms with Gasteiger partial charge in [-0.15, -0.1) is 0 Å². The number of hydrogen-bond donors (Lipinski definition) is 1. The number of hydrogen-bond acceptors (Lipinski definition) is 5. The van der Waals surface area contributed by atoms with E-state index >= 15 is 0 Å². The average Bonchev–Trinajstić information content (AvgIpc) is 2.36. The molecule has 20 heavy (non-hydrogen) atoms. The van der Waals surface area contributed by atoms with Gasteiger partial charge < -0.3 is 6.53 Å². The predicted molar refractivity (Wildman–Crippen MR) is 76.0 cm³/mol. The van der Waals surface area contributed by atoms with E-state index in [0.29, 0.717) is 6.42 Å². The maximum absolute atomic E-state index is 10.9. The SMILES string of the molecule is CCCCCCCCCCCCOS(=O)(=O)OCO.[H-].[Na+]. The molecule has 0 rings (SSSR count). The third-order valence-corrected chi connectivity index (χ3v) is 3.77. The summed E-state index contributed by atoms with van der Waals surface area (Å²) in [6, 6.07) is 0. The second-order valence-electron chi connectivity index (χ2n) is 4.66. The Morgan fingerprint density at radius 3 is 1.75 bits per heavy atom. The molecule has 118 valence electrons. The third kappa shape index (κ3) is 16.9. The number of aliphatic hydroxyl groups is 1. The van der Waals surface area contributed by atoms with E-state index < -0.39 is 17.2 Å². The number of aliphatic hydroxyl groups excluding tert-OH is 1. The first-order valence-electron chi connectivity index (χ1n) is 7.27.